The highest BCUT2D eigenvalue weighted by Gasteiger charge is 2.23. The van der Waals surface area contributed by atoms with Gasteiger partial charge in [-0.05, 0) is 31.0 Å². The van der Waals surface area contributed by atoms with Crippen molar-refractivity contribution < 1.29 is 19.0 Å². The highest BCUT2D eigenvalue weighted by atomic mass is 16.5. The van der Waals surface area contributed by atoms with Crippen LogP contribution in [0.1, 0.15) is 11.1 Å². The monoisotopic (exact) mass is 399 g/mol. The van der Waals surface area contributed by atoms with E-state index in [4.69, 9.17) is 14.2 Å². The van der Waals surface area contributed by atoms with Gasteiger partial charge in [-0.2, -0.15) is 0 Å². The van der Waals surface area contributed by atoms with Gasteiger partial charge in [-0.25, -0.2) is 4.79 Å². The van der Waals surface area contributed by atoms with E-state index >= 15 is 0 Å². The molecular weight excluding hydrogens is 370 g/mol. The number of carbonyl (C=O) groups is 1. The number of anilines is 2. The van der Waals surface area contributed by atoms with Gasteiger partial charge in [-0.15, -0.1) is 0 Å². The van der Waals surface area contributed by atoms with Crippen molar-refractivity contribution in [2.75, 3.05) is 57.7 Å². The summed E-state index contributed by atoms with van der Waals surface area (Å²) in [4.78, 5) is 16.9. The first-order chi connectivity index (χ1) is 14.0. The van der Waals surface area contributed by atoms with Crippen molar-refractivity contribution in [1.29, 1.82) is 0 Å². The fourth-order valence-corrected chi connectivity index (χ4v) is 3.57. The van der Waals surface area contributed by atoms with E-state index < -0.39 is 0 Å². The first-order valence-corrected chi connectivity index (χ1v) is 9.65. The zero-order chi connectivity index (χ0) is 21.0. The number of nitrogens with zero attached hydrogens (tertiary/aromatic N) is 2. The lowest BCUT2D eigenvalue weighted by Gasteiger charge is -2.37. The molecule has 1 N–H and O–H groups in total. The van der Waals surface area contributed by atoms with Gasteiger partial charge in [-0.3, -0.25) is 0 Å². The fraction of sp³-hybridized carbons (Fsp3) is 0.409. The molecule has 1 fully saturated rings. The van der Waals surface area contributed by atoms with E-state index in [1.165, 1.54) is 16.8 Å². The van der Waals surface area contributed by atoms with E-state index in [1.807, 2.05) is 4.90 Å². The van der Waals surface area contributed by atoms with Gasteiger partial charge in [0.25, 0.3) is 0 Å². The number of nitrogens with one attached hydrogen (secondary N) is 1. The van der Waals surface area contributed by atoms with E-state index in [-0.39, 0.29) is 6.03 Å². The maximum Gasteiger partial charge on any atom is 0.321 e. The van der Waals surface area contributed by atoms with Crippen LogP contribution in [-0.4, -0.2) is 58.4 Å². The lowest BCUT2D eigenvalue weighted by Crippen LogP contribution is -2.50. The van der Waals surface area contributed by atoms with E-state index in [2.05, 4.69) is 42.3 Å². The van der Waals surface area contributed by atoms with Crippen LogP contribution in [-0.2, 0) is 0 Å². The Balaban J connectivity index is 1.66. The predicted octanol–water partition coefficient (Wildman–Crippen LogP) is 3.68. The molecule has 0 atom stereocenters. The van der Waals surface area contributed by atoms with Gasteiger partial charge in [0.15, 0.2) is 11.5 Å². The van der Waals surface area contributed by atoms with Crippen molar-refractivity contribution >= 4 is 17.4 Å². The third-order valence-corrected chi connectivity index (χ3v) is 5.19. The molecule has 2 aromatic carbocycles. The zero-order valence-corrected chi connectivity index (χ0v) is 17.7. The van der Waals surface area contributed by atoms with Crippen LogP contribution >= 0.6 is 0 Å². The third kappa shape index (κ3) is 4.50. The van der Waals surface area contributed by atoms with Crippen molar-refractivity contribution in [3.63, 3.8) is 0 Å². The predicted molar refractivity (Wildman–Crippen MR) is 115 cm³/mol. The average molecular weight is 399 g/mol. The van der Waals surface area contributed by atoms with Gasteiger partial charge in [-0.1, -0.05) is 12.1 Å². The Bertz CT molecular complexity index is 851. The van der Waals surface area contributed by atoms with Crippen LogP contribution in [0.3, 0.4) is 0 Å². The Morgan fingerprint density at radius 2 is 1.52 bits per heavy atom. The highest BCUT2D eigenvalue weighted by molar-refractivity contribution is 5.90. The van der Waals surface area contributed by atoms with Gasteiger partial charge in [0.2, 0.25) is 5.75 Å². The molecule has 2 aromatic rings. The largest absolute Gasteiger partial charge is 0.493 e. The molecule has 156 valence electrons. The standard InChI is InChI=1S/C22H29N3O4/c1-15-6-7-16(2)18(12-15)24-8-10-25(11-9-24)22(26)23-17-13-19(27-3)21(29-5)20(14-17)28-4/h6-7,12-14H,8-11H2,1-5H3,(H,23,26). The van der Waals surface area contributed by atoms with E-state index in [0.717, 1.165) is 13.1 Å². The van der Waals surface area contributed by atoms with Crippen molar-refractivity contribution in [2.24, 2.45) is 0 Å². The van der Waals surface area contributed by atoms with Crippen molar-refractivity contribution in [1.82, 2.24) is 4.90 Å². The Labute approximate surface area is 172 Å². The van der Waals surface area contributed by atoms with Gasteiger partial charge in [0.05, 0.1) is 27.0 Å². The molecule has 0 aromatic heterocycles. The normalized spacial score (nSPS) is 13.8. The van der Waals surface area contributed by atoms with E-state index in [0.29, 0.717) is 36.0 Å². The number of aryl methyl sites for hydroxylation is 2. The number of hydrogen-bond donors (Lipinski definition) is 1. The molecule has 1 heterocycles. The fourth-order valence-electron chi connectivity index (χ4n) is 3.57. The lowest BCUT2D eigenvalue weighted by atomic mass is 10.1. The molecule has 1 saturated heterocycles. The summed E-state index contributed by atoms with van der Waals surface area (Å²) in [6.07, 6.45) is 0. The Morgan fingerprint density at radius 3 is 2.07 bits per heavy atom. The Morgan fingerprint density at radius 1 is 0.897 bits per heavy atom. The third-order valence-electron chi connectivity index (χ3n) is 5.19. The molecule has 29 heavy (non-hydrogen) atoms. The second-order valence-electron chi connectivity index (χ2n) is 7.11. The summed E-state index contributed by atoms with van der Waals surface area (Å²) >= 11 is 0. The molecule has 1 aliphatic rings. The first kappa shape index (κ1) is 20.6. The van der Waals surface area contributed by atoms with Crippen molar-refractivity contribution in [3.05, 3.63) is 41.5 Å². The molecular formula is C22H29N3O4. The van der Waals surface area contributed by atoms with Crippen LogP contribution in [0, 0.1) is 13.8 Å². The maximum atomic E-state index is 12.8. The number of benzene rings is 2. The number of amides is 2. The van der Waals surface area contributed by atoms with Crippen LogP contribution in [0.2, 0.25) is 0 Å². The number of hydrogen-bond acceptors (Lipinski definition) is 5. The molecule has 3 rings (SSSR count). The van der Waals surface area contributed by atoms with Gasteiger partial charge in [0.1, 0.15) is 0 Å². The molecule has 0 bridgehead atoms. The number of methoxy groups -OCH3 is 3. The minimum absolute atomic E-state index is 0.139. The van der Waals surface area contributed by atoms with E-state index in [9.17, 15) is 4.79 Å². The number of urea groups is 1. The van der Waals surface area contributed by atoms with Gasteiger partial charge in [0, 0.05) is 44.0 Å². The van der Waals surface area contributed by atoms with Crippen molar-refractivity contribution in [3.8, 4) is 17.2 Å². The summed E-state index contributed by atoms with van der Waals surface area (Å²) in [6.45, 7) is 7.13. The molecule has 0 saturated carbocycles. The Hall–Kier alpha value is -3.09. The van der Waals surface area contributed by atoms with Crippen molar-refractivity contribution in [2.45, 2.75) is 13.8 Å². The van der Waals surface area contributed by atoms with Crippen LogP contribution in [0.4, 0.5) is 16.2 Å². The second-order valence-corrected chi connectivity index (χ2v) is 7.11. The molecule has 7 heteroatoms. The molecule has 0 unspecified atom stereocenters. The maximum absolute atomic E-state index is 12.8. The summed E-state index contributed by atoms with van der Waals surface area (Å²) in [5, 5.41) is 2.94. The lowest BCUT2D eigenvalue weighted by molar-refractivity contribution is 0.208. The number of rotatable bonds is 5. The molecule has 1 aliphatic heterocycles. The summed E-state index contributed by atoms with van der Waals surface area (Å²) in [5.41, 5.74) is 4.34. The SMILES string of the molecule is COc1cc(NC(=O)N2CCN(c3cc(C)ccc3C)CC2)cc(OC)c1OC. The van der Waals surface area contributed by atoms with E-state index in [1.54, 1.807) is 33.5 Å². The number of ether oxygens (including phenoxy) is 3. The molecule has 2 amide bonds. The average Bonchev–Trinajstić information content (AvgIpc) is 2.74. The van der Waals surface area contributed by atoms with Gasteiger partial charge < -0.3 is 29.3 Å². The molecule has 7 nitrogen and oxygen atoms in total. The summed E-state index contributed by atoms with van der Waals surface area (Å²) < 4.78 is 16.0. The number of carbonyl (C=O) groups excluding carboxylic acids is 1. The second kappa shape index (κ2) is 8.94. The van der Waals surface area contributed by atoms with Crippen LogP contribution in [0.5, 0.6) is 17.2 Å². The van der Waals surface area contributed by atoms with Crippen LogP contribution < -0.4 is 24.4 Å². The molecule has 0 radical (unpaired) electrons. The summed E-state index contributed by atoms with van der Waals surface area (Å²) in [6, 6.07) is 9.80. The van der Waals surface area contributed by atoms with Crippen LogP contribution in [0.25, 0.3) is 0 Å². The minimum Gasteiger partial charge on any atom is -0.493 e. The highest BCUT2D eigenvalue weighted by Crippen LogP contribution is 2.40. The minimum atomic E-state index is -0.139. The quantitative estimate of drug-likeness (QED) is 0.831. The first-order valence-electron chi connectivity index (χ1n) is 9.65. The molecule has 0 aliphatic carbocycles. The number of piperazine rings is 1. The summed E-state index contributed by atoms with van der Waals surface area (Å²) in [5.74, 6) is 1.50. The van der Waals surface area contributed by atoms with Gasteiger partial charge >= 0.3 is 6.03 Å². The molecule has 0 spiro atoms. The van der Waals surface area contributed by atoms with Crippen LogP contribution in [0.15, 0.2) is 30.3 Å². The topological polar surface area (TPSA) is 63.3 Å². The zero-order valence-electron chi connectivity index (χ0n) is 17.7. The Kier molecular flexibility index (Phi) is 6.36. The summed E-state index contributed by atoms with van der Waals surface area (Å²) in [7, 11) is 4.65. The smallest absolute Gasteiger partial charge is 0.321 e.